The molecule has 0 spiro atoms. The fraction of sp³-hybridized carbons (Fsp3) is 0.240. The summed E-state index contributed by atoms with van der Waals surface area (Å²) in [6.07, 6.45) is 0.680. The standard InChI is InChI=1S/C13H11ClO4.C12H16N2O2/c1-16-12-6-8(5-10(14)13(12)17-2)11-4-3-9(7-15)18-11;1-8(15-3)10-4-6-11(7-5-10)12(14)16-9(2)13/h3-7H,1-2H3;4-8,13-14H,1-3H3. The lowest BCUT2D eigenvalue weighted by atomic mass is 10.1. The number of hydrogen-bond donors (Lipinski definition) is 2. The van der Waals surface area contributed by atoms with Gasteiger partial charge in [-0.25, -0.2) is 0 Å². The van der Waals surface area contributed by atoms with E-state index in [0.717, 1.165) is 5.56 Å². The van der Waals surface area contributed by atoms with Gasteiger partial charge >= 0.3 is 0 Å². The molecule has 1 atom stereocenters. The zero-order valence-corrected chi connectivity index (χ0v) is 20.4. The van der Waals surface area contributed by atoms with E-state index < -0.39 is 0 Å². The molecule has 0 fully saturated rings. The summed E-state index contributed by atoms with van der Waals surface area (Å²) < 4.78 is 25.7. The summed E-state index contributed by atoms with van der Waals surface area (Å²) >= 11 is 6.09. The largest absolute Gasteiger partial charge is 0.493 e. The Morgan fingerprint density at radius 3 is 2.21 bits per heavy atom. The lowest BCUT2D eigenvalue weighted by molar-refractivity contribution is 0.110. The number of benzene rings is 2. The molecule has 1 aromatic heterocycles. The number of halogens is 1. The van der Waals surface area contributed by atoms with Gasteiger partial charge in [0.05, 0.1) is 25.3 Å². The highest BCUT2D eigenvalue weighted by Crippen LogP contribution is 2.39. The van der Waals surface area contributed by atoms with Gasteiger partial charge in [-0.3, -0.25) is 15.6 Å². The zero-order valence-electron chi connectivity index (χ0n) is 19.6. The molecule has 0 radical (unpaired) electrons. The molecule has 3 aromatic rings. The molecule has 2 aromatic carbocycles. The van der Waals surface area contributed by atoms with Crippen LogP contribution in [-0.4, -0.2) is 39.4 Å². The van der Waals surface area contributed by atoms with Gasteiger partial charge in [0.1, 0.15) is 5.76 Å². The highest BCUT2D eigenvalue weighted by Gasteiger charge is 2.14. The summed E-state index contributed by atoms with van der Waals surface area (Å²) in [6.45, 7) is 3.45. The Balaban J connectivity index is 0.000000242. The average Bonchev–Trinajstić information content (AvgIpc) is 3.32. The first kappa shape index (κ1) is 26.6. The Kier molecular flexibility index (Phi) is 9.85. The number of ether oxygens (including phenoxy) is 4. The van der Waals surface area contributed by atoms with E-state index in [2.05, 4.69) is 0 Å². The molecule has 0 saturated heterocycles. The Morgan fingerprint density at radius 2 is 1.71 bits per heavy atom. The first-order valence-electron chi connectivity index (χ1n) is 10.2. The van der Waals surface area contributed by atoms with E-state index in [9.17, 15) is 4.79 Å². The quantitative estimate of drug-likeness (QED) is 0.234. The third-order valence-corrected chi connectivity index (χ3v) is 4.99. The molecule has 0 amide bonds. The van der Waals surface area contributed by atoms with E-state index in [1.165, 1.54) is 21.1 Å². The average molecular weight is 487 g/mol. The van der Waals surface area contributed by atoms with E-state index in [4.69, 9.17) is 45.8 Å². The van der Waals surface area contributed by atoms with Crippen molar-refractivity contribution in [3.05, 3.63) is 70.4 Å². The van der Waals surface area contributed by atoms with Crippen molar-refractivity contribution < 1.29 is 28.2 Å². The number of carbonyl (C=O) groups is 1. The maximum absolute atomic E-state index is 10.6. The zero-order chi connectivity index (χ0) is 25.3. The van der Waals surface area contributed by atoms with Gasteiger partial charge in [-0.1, -0.05) is 23.7 Å². The topological polar surface area (TPSA) is 115 Å². The molecule has 0 saturated carbocycles. The molecule has 2 N–H and O–H groups in total. The van der Waals surface area contributed by atoms with Crippen LogP contribution in [0, 0.1) is 10.8 Å². The maximum Gasteiger partial charge on any atom is 0.220 e. The summed E-state index contributed by atoms with van der Waals surface area (Å²) in [5.41, 5.74) is 2.41. The van der Waals surface area contributed by atoms with Crippen molar-refractivity contribution in [1.82, 2.24) is 0 Å². The Hall–Kier alpha value is -3.62. The predicted molar refractivity (Wildman–Crippen MR) is 131 cm³/mol. The molecule has 1 heterocycles. The summed E-state index contributed by atoms with van der Waals surface area (Å²) in [6, 6.07) is 14.1. The van der Waals surface area contributed by atoms with Crippen molar-refractivity contribution in [2.45, 2.75) is 20.0 Å². The van der Waals surface area contributed by atoms with Crippen molar-refractivity contribution in [3.63, 3.8) is 0 Å². The van der Waals surface area contributed by atoms with Crippen LogP contribution in [0.4, 0.5) is 0 Å². The van der Waals surface area contributed by atoms with E-state index in [-0.39, 0.29) is 23.7 Å². The van der Waals surface area contributed by atoms with Crippen LogP contribution in [-0.2, 0) is 9.47 Å². The molecule has 9 heteroatoms. The molecule has 0 aliphatic rings. The summed E-state index contributed by atoms with van der Waals surface area (Å²) in [4.78, 5) is 10.6. The van der Waals surface area contributed by atoms with E-state index in [0.29, 0.717) is 39.7 Å². The van der Waals surface area contributed by atoms with Crippen LogP contribution >= 0.6 is 11.6 Å². The lowest BCUT2D eigenvalue weighted by Gasteiger charge is -2.10. The highest BCUT2D eigenvalue weighted by molar-refractivity contribution is 6.32. The Morgan fingerprint density at radius 1 is 1.03 bits per heavy atom. The van der Waals surface area contributed by atoms with Gasteiger partial charge in [0.15, 0.2) is 29.4 Å². The van der Waals surface area contributed by atoms with Crippen molar-refractivity contribution >= 4 is 29.7 Å². The first-order valence-corrected chi connectivity index (χ1v) is 10.5. The molecule has 3 rings (SSSR count). The fourth-order valence-electron chi connectivity index (χ4n) is 2.89. The van der Waals surface area contributed by atoms with Crippen molar-refractivity contribution in [2.24, 2.45) is 0 Å². The molecule has 8 nitrogen and oxygen atoms in total. The molecular weight excluding hydrogens is 460 g/mol. The number of hydrogen-bond acceptors (Lipinski definition) is 8. The Bertz CT molecular complexity index is 1140. The molecular formula is C25H27ClN2O6. The minimum Gasteiger partial charge on any atom is -0.493 e. The van der Waals surface area contributed by atoms with Crippen molar-refractivity contribution in [2.75, 3.05) is 21.3 Å². The van der Waals surface area contributed by atoms with Crippen LogP contribution in [0.2, 0.25) is 5.02 Å². The van der Waals surface area contributed by atoms with Gasteiger partial charge < -0.3 is 23.4 Å². The number of methoxy groups -OCH3 is 3. The maximum atomic E-state index is 10.6. The third kappa shape index (κ3) is 6.94. The third-order valence-electron chi connectivity index (χ3n) is 4.71. The fourth-order valence-corrected chi connectivity index (χ4v) is 3.17. The minimum absolute atomic E-state index is 0.0101. The molecule has 34 heavy (non-hydrogen) atoms. The summed E-state index contributed by atoms with van der Waals surface area (Å²) in [5, 5.41) is 15.1. The van der Waals surface area contributed by atoms with Crippen LogP contribution in [0.25, 0.3) is 11.3 Å². The first-order chi connectivity index (χ1) is 16.2. The van der Waals surface area contributed by atoms with Gasteiger partial charge in [0, 0.05) is 25.2 Å². The van der Waals surface area contributed by atoms with Gasteiger partial charge in [-0.15, -0.1) is 0 Å². The predicted octanol–water partition coefficient (Wildman–Crippen LogP) is 6.16. The smallest absolute Gasteiger partial charge is 0.220 e. The van der Waals surface area contributed by atoms with Gasteiger partial charge in [0.25, 0.3) is 0 Å². The van der Waals surface area contributed by atoms with Crippen LogP contribution in [0.15, 0.2) is 52.9 Å². The van der Waals surface area contributed by atoms with E-state index in [1.54, 1.807) is 43.5 Å². The normalized spacial score (nSPS) is 11.0. The van der Waals surface area contributed by atoms with Crippen LogP contribution in [0.1, 0.15) is 41.6 Å². The van der Waals surface area contributed by atoms with E-state index in [1.807, 2.05) is 19.1 Å². The van der Waals surface area contributed by atoms with Crippen LogP contribution < -0.4 is 9.47 Å². The second-order valence-electron chi connectivity index (χ2n) is 7.00. The number of furan rings is 1. The number of rotatable bonds is 7. The molecule has 0 bridgehead atoms. The number of nitrogens with one attached hydrogen (secondary N) is 2. The second-order valence-corrected chi connectivity index (χ2v) is 7.41. The molecule has 1 unspecified atom stereocenters. The second kappa shape index (κ2) is 12.6. The van der Waals surface area contributed by atoms with Gasteiger partial charge in [-0.05, 0) is 48.9 Å². The van der Waals surface area contributed by atoms with Gasteiger partial charge in [-0.2, -0.15) is 0 Å². The van der Waals surface area contributed by atoms with E-state index >= 15 is 0 Å². The van der Waals surface area contributed by atoms with Crippen LogP contribution in [0.5, 0.6) is 11.5 Å². The summed E-state index contributed by atoms with van der Waals surface area (Å²) in [5.74, 6) is 1.77. The minimum atomic E-state index is -0.0101. The lowest BCUT2D eigenvalue weighted by Crippen LogP contribution is -2.09. The van der Waals surface area contributed by atoms with Crippen molar-refractivity contribution in [1.29, 1.82) is 10.8 Å². The SMILES string of the molecule is COC(C)c1ccc(C(=N)OC(C)=N)cc1.COc1cc(-c2ccc(C=O)o2)cc(Cl)c1OC. The van der Waals surface area contributed by atoms with Crippen LogP contribution in [0.3, 0.4) is 0 Å². The highest BCUT2D eigenvalue weighted by atomic mass is 35.5. The monoisotopic (exact) mass is 486 g/mol. The molecule has 180 valence electrons. The van der Waals surface area contributed by atoms with Crippen molar-refractivity contribution in [3.8, 4) is 22.8 Å². The molecule has 0 aliphatic heterocycles. The number of carbonyl (C=O) groups excluding carboxylic acids is 1. The Labute approximate surface area is 203 Å². The van der Waals surface area contributed by atoms with Gasteiger partial charge in [0.2, 0.25) is 5.90 Å². The number of aldehydes is 1. The summed E-state index contributed by atoms with van der Waals surface area (Å²) in [7, 11) is 4.69. The molecule has 0 aliphatic carbocycles.